The molecule has 10 aromatic rings. The largest absolute Gasteiger partial charge is 0.135 e. The Morgan fingerprint density at radius 2 is 0.880 bits per heavy atom. The predicted octanol–water partition coefficient (Wildman–Crippen LogP) is 14.3. The quantitative estimate of drug-likeness (QED) is 0.132. The molecular weight excluding hydrogens is 621 g/mol. The van der Waals surface area contributed by atoms with Crippen LogP contribution in [0.3, 0.4) is 0 Å². The topological polar surface area (TPSA) is 0 Å². The van der Waals surface area contributed by atoms with Gasteiger partial charge in [0.1, 0.15) is 0 Å². The second kappa shape index (κ2) is 9.91. The van der Waals surface area contributed by atoms with Crippen LogP contribution < -0.4 is 0 Å². The van der Waals surface area contributed by atoms with Gasteiger partial charge in [-0.2, -0.15) is 0 Å². The van der Waals surface area contributed by atoms with E-state index in [-0.39, 0.29) is 0 Å². The van der Waals surface area contributed by atoms with Gasteiger partial charge in [0.05, 0.1) is 0 Å². The van der Waals surface area contributed by atoms with Crippen molar-refractivity contribution in [3.05, 3.63) is 169 Å². The van der Waals surface area contributed by atoms with Gasteiger partial charge < -0.3 is 0 Å². The zero-order valence-corrected chi connectivity index (χ0v) is 28.1. The molecule has 1 heteroatoms. The highest BCUT2D eigenvalue weighted by Gasteiger charge is 2.44. The molecule has 0 N–H and O–H groups in total. The van der Waals surface area contributed by atoms with Crippen molar-refractivity contribution in [3.63, 3.8) is 0 Å². The number of rotatable bonds is 3. The third-order valence-corrected chi connectivity index (χ3v) is 12.9. The molecule has 2 aliphatic carbocycles. The second-order valence-corrected chi connectivity index (χ2v) is 15.3. The monoisotopic (exact) mass is 650 g/mol. The summed E-state index contributed by atoms with van der Waals surface area (Å²) in [4.78, 5) is 0. The highest BCUT2D eigenvalue weighted by atomic mass is 32.1. The molecule has 0 nitrogen and oxygen atoms in total. The van der Waals surface area contributed by atoms with Crippen molar-refractivity contribution in [2.24, 2.45) is 0 Å². The Morgan fingerprint density at radius 1 is 0.360 bits per heavy atom. The lowest BCUT2D eigenvalue weighted by molar-refractivity contribution is 1.04. The van der Waals surface area contributed by atoms with Gasteiger partial charge in [-0.25, -0.2) is 0 Å². The van der Waals surface area contributed by atoms with Crippen LogP contribution in [0.4, 0.5) is 0 Å². The maximum atomic E-state index is 2.50. The summed E-state index contributed by atoms with van der Waals surface area (Å²) in [5, 5.41) is 13.6. The summed E-state index contributed by atoms with van der Waals surface area (Å²) >= 11 is 1.89. The third-order valence-electron chi connectivity index (χ3n) is 11.7. The van der Waals surface area contributed by atoms with Gasteiger partial charge in [-0.15, -0.1) is 11.3 Å². The van der Waals surface area contributed by atoms with Crippen LogP contribution in [0.25, 0.3) is 96.6 Å². The molecule has 1 unspecified atom stereocenters. The molecule has 12 rings (SSSR count). The number of fused-ring (bicyclic) bond motifs is 8. The van der Waals surface area contributed by atoms with Gasteiger partial charge in [-0.05, 0) is 124 Å². The fourth-order valence-corrected chi connectivity index (χ4v) is 10.8. The van der Waals surface area contributed by atoms with Gasteiger partial charge in [0.15, 0.2) is 0 Å². The zero-order valence-electron chi connectivity index (χ0n) is 27.3. The van der Waals surface area contributed by atoms with Crippen molar-refractivity contribution in [3.8, 4) is 33.4 Å². The van der Waals surface area contributed by atoms with Crippen LogP contribution >= 0.6 is 11.3 Å². The molecule has 0 radical (unpaired) electrons. The van der Waals surface area contributed by atoms with Crippen LogP contribution in [0, 0.1) is 0 Å². The molecular formula is C49H30S. The number of hydrogen-bond acceptors (Lipinski definition) is 1. The van der Waals surface area contributed by atoms with Crippen LogP contribution in [-0.2, 0) is 0 Å². The molecule has 1 heterocycles. The molecule has 2 atom stereocenters. The Kier molecular flexibility index (Phi) is 5.37. The number of hydrogen-bond donors (Lipinski definition) is 0. The Bertz CT molecular complexity index is 3030. The molecule has 9 aromatic carbocycles. The van der Waals surface area contributed by atoms with Crippen LogP contribution in [0.5, 0.6) is 0 Å². The van der Waals surface area contributed by atoms with E-state index in [9.17, 15) is 0 Å². The van der Waals surface area contributed by atoms with Gasteiger partial charge in [-0.3, -0.25) is 0 Å². The molecule has 0 bridgehead atoms. The Hall–Kier alpha value is -5.76. The van der Waals surface area contributed by atoms with Crippen molar-refractivity contribution in [2.45, 2.75) is 18.3 Å². The molecule has 1 saturated carbocycles. The lowest BCUT2D eigenvalue weighted by atomic mass is 9.80. The van der Waals surface area contributed by atoms with Crippen LogP contribution in [0.2, 0.25) is 0 Å². The first kappa shape index (κ1) is 27.1. The molecule has 2 aliphatic rings. The van der Waals surface area contributed by atoms with E-state index < -0.39 is 0 Å². The van der Waals surface area contributed by atoms with Crippen LogP contribution in [0.15, 0.2) is 158 Å². The number of benzene rings is 9. The summed E-state index contributed by atoms with van der Waals surface area (Å²) in [7, 11) is 0. The molecule has 1 fully saturated rings. The van der Waals surface area contributed by atoms with Gasteiger partial charge in [-0.1, -0.05) is 140 Å². The molecule has 1 aromatic heterocycles. The van der Waals surface area contributed by atoms with E-state index in [2.05, 4.69) is 158 Å². The van der Waals surface area contributed by atoms with Gasteiger partial charge in [0.2, 0.25) is 0 Å². The first-order valence-corrected chi connectivity index (χ1v) is 18.6. The van der Waals surface area contributed by atoms with E-state index >= 15 is 0 Å². The van der Waals surface area contributed by atoms with E-state index in [4.69, 9.17) is 0 Å². The van der Waals surface area contributed by atoms with Crippen molar-refractivity contribution >= 4 is 74.6 Å². The van der Waals surface area contributed by atoms with Crippen molar-refractivity contribution in [1.82, 2.24) is 0 Å². The molecule has 232 valence electrons. The first-order valence-electron chi connectivity index (χ1n) is 17.8. The summed E-state index contributed by atoms with van der Waals surface area (Å²) in [6.45, 7) is 0. The Morgan fingerprint density at radius 3 is 1.62 bits per heavy atom. The molecule has 50 heavy (non-hydrogen) atoms. The Labute approximate surface area is 293 Å². The minimum atomic E-state index is 0.657. The molecule has 0 spiro atoms. The van der Waals surface area contributed by atoms with Gasteiger partial charge in [0.25, 0.3) is 0 Å². The maximum Gasteiger partial charge on any atom is 0.0361 e. The SMILES string of the molecule is c1ccc(-c2cccc3sc4ccccc4c23)c(-c2c3ccccc3c(-c3cc4cccc5c4c4c(cccc34)C3C[C@H]53)c3ccccc23)c1. The lowest BCUT2D eigenvalue weighted by Crippen LogP contribution is -1.98. The molecule has 0 amide bonds. The van der Waals surface area contributed by atoms with E-state index in [1.54, 1.807) is 11.1 Å². The number of thiophene rings is 1. The average Bonchev–Trinajstić information content (AvgIpc) is 3.90. The van der Waals surface area contributed by atoms with Gasteiger partial charge in [0, 0.05) is 20.2 Å². The summed E-state index contributed by atoms with van der Waals surface area (Å²) in [6, 6.07) is 59.6. The van der Waals surface area contributed by atoms with Crippen molar-refractivity contribution < 1.29 is 0 Å². The zero-order chi connectivity index (χ0) is 32.5. The highest BCUT2D eigenvalue weighted by molar-refractivity contribution is 7.25. The van der Waals surface area contributed by atoms with E-state index in [0.29, 0.717) is 11.8 Å². The fraction of sp³-hybridized carbons (Fsp3) is 0.0612. The summed E-state index contributed by atoms with van der Waals surface area (Å²) < 4.78 is 2.67. The van der Waals surface area contributed by atoms with E-state index in [1.807, 2.05) is 11.3 Å². The normalized spacial score (nSPS) is 16.3. The molecule has 0 saturated heterocycles. The second-order valence-electron chi connectivity index (χ2n) is 14.3. The summed E-state index contributed by atoms with van der Waals surface area (Å²) in [5.74, 6) is 1.34. The van der Waals surface area contributed by atoms with E-state index in [0.717, 1.165) is 0 Å². The highest BCUT2D eigenvalue weighted by Crippen LogP contribution is 2.62. The van der Waals surface area contributed by atoms with Crippen LogP contribution in [0.1, 0.15) is 29.4 Å². The summed E-state index contributed by atoms with van der Waals surface area (Å²) in [6.07, 6.45) is 1.27. The maximum absolute atomic E-state index is 2.50. The minimum Gasteiger partial charge on any atom is -0.135 e. The van der Waals surface area contributed by atoms with E-state index in [1.165, 1.54) is 103 Å². The molecule has 0 aliphatic heterocycles. The Balaban J connectivity index is 1.21. The fourth-order valence-electron chi connectivity index (χ4n) is 9.66. The lowest BCUT2D eigenvalue weighted by Gasteiger charge is -2.23. The van der Waals surface area contributed by atoms with Crippen LogP contribution in [-0.4, -0.2) is 0 Å². The summed E-state index contributed by atoms with van der Waals surface area (Å²) in [5.41, 5.74) is 10.9. The minimum absolute atomic E-state index is 0.657. The van der Waals surface area contributed by atoms with Crippen molar-refractivity contribution in [2.75, 3.05) is 0 Å². The average molecular weight is 651 g/mol. The van der Waals surface area contributed by atoms with Gasteiger partial charge >= 0.3 is 0 Å². The predicted molar refractivity (Wildman–Crippen MR) is 216 cm³/mol. The van der Waals surface area contributed by atoms with Crippen molar-refractivity contribution in [1.29, 1.82) is 0 Å². The first-order chi connectivity index (χ1) is 24.8. The smallest absolute Gasteiger partial charge is 0.0361 e. The standard InChI is InChI=1S/C49H30S/c1-2-14-30(29(13-1)31-23-11-25-44-48(31)39-19-7-8-24-43(39)50-44)46-32-15-3-5-17-34(32)47(35-18-6-4-16-33(35)46)42-26-28-12-9-20-36-40-27-41(40)37-21-10-22-38(42)49(37)45(28)36/h1-26,40-41H,27H2/t40-,41?/m1/s1. The third kappa shape index (κ3) is 3.55.